The van der Waals surface area contributed by atoms with Gasteiger partial charge in [-0.05, 0) is 24.6 Å². The number of rotatable bonds is 8. The Bertz CT molecular complexity index is 936. The number of hydrogen-bond donors (Lipinski definition) is 5. The first-order valence-corrected chi connectivity index (χ1v) is 9.74. The van der Waals surface area contributed by atoms with Gasteiger partial charge in [-0.1, -0.05) is 37.3 Å². The Balaban J connectivity index is 2.11. The standard InChI is InChI=1S/C21H25F3N6/c1-2-12-26-17-10-6-4-8-15(17)19-28-18(20(30-29-19)27-13-11-25)14-7-3-5-9-16(14)21(22,23)24/h3-10,26-27,30H,2,11-13,25H2,1H3,(H,28,29). The highest BCUT2D eigenvalue weighted by Gasteiger charge is 2.35. The van der Waals surface area contributed by atoms with Crippen LogP contribution in [0.25, 0.3) is 5.70 Å². The second kappa shape index (κ2) is 9.53. The van der Waals surface area contributed by atoms with E-state index in [1.807, 2.05) is 24.3 Å². The zero-order valence-corrected chi connectivity index (χ0v) is 16.6. The minimum absolute atomic E-state index is 0.0185. The van der Waals surface area contributed by atoms with Crippen LogP contribution in [0.4, 0.5) is 18.9 Å². The molecule has 6 N–H and O–H groups in total. The zero-order chi connectivity index (χ0) is 21.6. The van der Waals surface area contributed by atoms with E-state index in [4.69, 9.17) is 5.73 Å². The number of alkyl halides is 3. The van der Waals surface area contributed by atoms with Crippen molar-refractivity contribution in [2.45, 2.75) is 19.5 Å². The third kappa shape index (κ3) is 4.85. The van der Waals surface area contributed by atoms with E-state index in [9.17, 15) is 13.2 Å². The second-order valence-corrected chi connectivity index (χ2v) is 6.67. The highest BCUT2D eigenvalue weighted by atomic mass is 19.4. The fraction of sp³-hybridized carbons (Fsp3) is 0.286. The molecule has 0 spiro atoms. The molecule has 30 heavy (non-hydrogen) atoms. The smallest absolute Gasteiger partial charge is 0.384 e. The molecule has 6 nitrogen and oxygen atoms in total. The quantitative estimate of drug-likeness (QED) is 0.454. The molecule has 9 heteroatoms. The van der Waals surface area contributed by atoms with Crippen molar-refractivity contribution in [3.63, 3.8) is 0 Å². The molecule has 0 atom stereocenters. The molecule has 0 fully saturated rings. The predicted molar refractivity (Wildman–Crippen MR) is 113 cm³/mol. The van der Waals surface area contributed by atoms with Gasteiger partial charge in [0.25, 0.3) is 0 Å². The third-order valence-electron chi connectivity index (χ3n) is 4.45. The molecule has 0 aliphatic carbocycles. The number of hydrazine groups is 1. The molecule has 0 radical (unpaired) electrons. The molecule has 3 rings (SSSR count). The normalized spacial score (nSPS) is 14.0. The van der Waals surface area contributed by atoms with Crippen LogP contribution in [0.5, 0.6) is 0 Å². The molecule has 160 valence electrons. The van der Waals surface area contributed by atoms with Crippen LogP contribution in [0.1, 0.15) is 30.0 Å². The minimum atomic E-state index is -4.51. The Hall–Kier alpha value is -3.20. The second-order valence-electron chi connectivity index (χ2n) is 6.67. The van der Waals surface area contributed by atoms with E-state index >= 15 is 0 Å². The van der Waals surface area contributed by atoms with Crippen LogP contribution in [-0.2, 0) is 6.18 Å². The summed E-state index contributed by atoms with van der Waals surface area (Å²) in [5, 5.41) is 6.33. The Kier molecular flexibility index (Phi) is 6.83. The van der Waals surface area contributed by atoms with Crippen LogP contribution < -0.4 is 27.2 Å². The summed E-state index contributed by atoms with van der Waals surface area (Å²) in [6.45, 7) is 3.51. The van der Waals surface area contributed by atoms with Gasteiger partial charge >= 0.3 is 6.18 Å². The van der Waals surface area contributed by atoms with Crippen molar-refractivity contribution in [3.05, 3.63) is 71.0 Å². The summed E-state index contributed by atoms with van der Waals surface area (Å²) in [6.07, 6.45) is -3.58. The van der Waals surface area contributed by atoms with Crippen molar-refractivity contribution >= 4 is 17.2 Å². The summed E-state index contributed by atoms with van der Waals surface area (Å²) >= 11 is 0. The predicted octanol–water partition coefficient (Wildman–Crippen LogP) is 3.26. The number of aliphatic imine (C=N–C) groups is 1. The number of nitrogens with zero attached hydrogens (tertiary/aromatic N) is 1. The van der Waals surface area contributed by atoms with Gasteiger partial charge in [0.15, 0.2) is 5.84 Å². The van der Waals surface area contributed by atoms with Crippen LogP contribution >= 0.6 is 0 Å². The highest BCUT2D eigenvalue weighted by molar-refractivity contribution is 6.06. The number of anilines is 1. The lowest BCUT2D eigenvalue weighted by Crippen LogP contribution is -2.46. The maximum atomic E-state index is 13.6. The number of halogens is 3. The van der Waals surface area contributed by atoms with E-state index in [2.05, 4.69) is 33.4 Å². The Morgan fingerprint density at radius 3 is 2.33 bits per heavy atom. The lowest BCUT2D eigenvalue weighted by Gasteiger charge is -2.26. The van der Waals surface area contributed by atoms with Crippen LogP contribution in [-0.4, -0.2) is 25.5 Å². The molecule has 0 amide bonds. The summed E-state index contributed by atoms with van der Waals surface area (Å²) in [5.74, 6) is 0.749. The fourth-order valence-electron chi connectivity index (χ4n) is 3.06. The first-order chi connectivity index (χ1) is 14.5. The molecular weight excluding hydrogens is 393 g/mol. The van der Waals surface area contributed by atoms with E-state index in [1.54, 1.807) is 6.07 Å². The average Bonchev–Trinajstić information content (AvgIpc) is 2.76. The van der Waals surface area contributed by atoms with Gasteiger partial charge < -0.3 is 16.4 Å². The van der Waals surface area contributed by atoms with Crippen LogP contribution in [0.3, 0.4) is 0 Å². The van der Waals surface area contributed by atoms with E-state index < -0.39 is 11.7 Å². The summed E-state index contributed by atoms with van der Waals surface area (Å²) in [6, 6.07) is 12.9. The van der Waals surface area contributed by atoms with Gasteiger partial charge in [-0.25, -0.2) is 4.99 Å². The number of benzene rings is 2. The number of nitrogens with two attached hydrogens (primary N) is 1. The van der Waals surface area contributed by atoms with Gasteiger partial charge in [0.2, 0.25) is 0 Å². The lowest BCUT2D eigenvalue weighted by molar-refractivity contribution is -0.137. The Morgan fingerprint density at radius 1 is 0.933 bits per heavy atom. The average molecular weight is 418 g/mol. The van der Waals surface area contributed by atoms with Crippen molar-refractivity contribution in [3.8, 4) is 0 Å². The highest BCUT2D eigenvalue weighted by Crippen LogP contribution is 2.36. The third-order valence-corrected chi connectivity index (χ3v) is 4.45. The maximum absolute atomic E-state index is 13.6. The van der Waals surface area contributed by atoms with Gasteiger partial charge in [0, 0.05) is 36.4 Å². The van der Waals surface area contributed by atoms with Crippen LogP contribution in [0.2, 0.25) is 0 Å². The zero-order valence-electron chi connectivity index (χ0n) is 16.6. The lowest BCUT2D eigenvalue weighted by atomic mass is 10.0. The molecule has 1 heterocycles. The number of hydrogen-bond acceptors (Lipinski definition) is 6. The summed E-state index contributed by atoms with van der Waals surface area (Å²) in [4.78, 5) is 4.58. The van der Waals surface area contributed by atoms with Gasteiger partial charge in [-0.3, -0.25) is 10.9 Å². The summed E-state index contributed by atoms with van der Waals surface area (Å²) in [7, 11) is 0. The largest absolute Gasteiger partial charge is 0.417 e. The number of para-hydroxylation sites is 1. The molecule has 1 aliphatic heterocycles. The summed E-state index contributed by atoms with van der Waals surface area (Å²) < 4.78 is 40.9. The molecule has 0 bridgehead atoms. The maximum Gasteiger partial charge on any atom is 0.417 e. The fourth-order valence-corrected chi connectivity index (χ4v) is 3.06. The SMILES string of the molecule is CCCNc1ccccc1C1=NC(c2ccccc2C(F)(F)F)=C(NCCN)NN1. The topological polar surface area (TPSA) is 86.5 Å². The van der Waals surface area contributed by atoms with Crippen molar-refractivity contribution in [2.24, 2.45) is 10.7 Å². The van der Waals surface area contributed by atoms with Crippen molar-refractivity contribution in [1.29, 1.82) is 0 Å². The molecule has 0 saturated heterocycles. The molecule has 2 aromatic rings. The van der Waals surface area contributed by atoms with Gasteiger partial charge in [0.05, 0.1) is 5.56 Å². The molecule has 0 saturated carbocycles. The van der Waals surface area contributed by atoms with E-state index in [1.165, 1.54) is 12.1 Å². The van der Waals surface area contributed by atoms with Crippen molar-refractivity contribution in [2.75, 3.05) is 25.0 Å². The Labute approximate surface area is 173 Å². The number of nitrogens with one attached hydrogen (secondary N) is 4. The molecular formula is C21H25F3N6. The molecule has 0 aromatic heterocycles. The van der Waals surface area contributed by atoms with E-state index in [0.717, 1.165) is 30.3 Å². The molecule has 1 aliphatic rings. The van der Waals surface area contributed by atoms with Crippen molar-refractivity contribution < 1.29 is 13.2 Å². The molecule has 2 aromatic carbocycles. The van der Waals surface area contributed by atoms with Gasteiger partial charge in [-0.15, -0.1) is 0 Å². The number of amidine groups is 1. The van der Waals surface area contributed by atoms with E-state index in [0.29, 0.717) is 24.7 Å². The first kappa shape index (κ1) is 21.5. The van der Waals surface area contributed by atoms with Crippen LogP contribution in [0, 0.1) is 0 Å². The summed E-state index contributed by atoms with van der Waals surface area (Å²) in [5.41, 5.74) is 12.5. The monoisotopic (exact) mass is 418 g/mol. The van der Waals surface area contributed by atoms with Gasteiger partial charge in [0.1, 0.15) is 11.5 Å². The minimum Gasteiger partial charge on any atom is -0.384 e. The van der Waals surface area contributed by atoms with Gasteiger partial charge in [-0.2, -0.15) is 13.2 Å². The molecule has 0 unspecified atom stereocenters. The first-order valence-electron chi connectivity index (χ1n) is 9.74. The van der Waals surface area contributed by atoms with Crippen LogP contribution in [0.15, 0.2) is 59.3 Å². The van der Waals surface area contributed by atoms with Crippen molar-refractivity contribution in [1.82, 2.24) is 16.2 Å². The Morgan fingerprint density at radius 2 is 1.63 bits per heavy atom. The van der Waals surface area contributed by atoms with E-state index in [-0.39, 0.29) is 11.3 Å².